The summed E-state index contributed by atoms with van der Waals surface area (Å²) in [6.45, 7) is 0. The molecule has 0 aliphatic rings. The first kappa shape index (κ1) is 16.5. The lowest BCUT2D eigenvalue weighted by molar-refractivity contribution is -0.383. The van der Waals surface area contributed by atoms with Crippen molar-refractivity contribution in [3.05, 3.63) is 70.0 Å². The quantitative estimate of drug-likeness (QED) is 0.401. The Hall–Kier alpha value is -3.33. The second-order valence-electron chi connectivity index (χ2n) is 4.78. The zero-order valence-corrected chi connectivity index (χ0v) is 13.2. The third-order valence-electron chi connectivity index (χ3n) is 3.12. The summed E-state index contributed by atoms with van der Waals surface area (Å²) in [7, 11) is 0. The fourth-order valence-electron chi connectivity index (χ4n) is 2.01. The number of nitro groups is 1. The number of benzene rings is 1. The van der Waals surface area contributed by atoms with Crippen LogP contribution >= 0.6 is 11.6 Å². The van der Waals surface area contributed by atoms with Gasteiger partial charge < -0.3 is 10.6 Å². The topological polar surface area (TPSA) is 106 Å². The highest BCUT2D eigenvalue weighted by Crippen LogP contribution is 2.34. The molecule has 2 N–H and O–H groups in total. The van der Waals surface area contributed by atoms with Gasteiger partial charge in [0.1, 0.15) is 12.1 Å². The number of hydrogen-bond donors (Lipinski definition) is 2. The van der Waals surface area contributed by atoms with Crippen LogP contribution in [0.5, 0.6) is 0 Å². The fourth-order valence-corrected chi connectivity index (χ4v) is 2.18. The molecule has 0 atom stereocenters. The second-order valence-corrected chi connectivity index (χ2v) is 5.13. The molecule has 0 unspecified atom stereocenters. The molecule has 0 bridgehead atoms. The van der Waals surface area contributed by atoms with Gasteiger partial charge in [-0.05, 0) is 36.4 Å². The largest absolute Gasteiger partial charge is 0.353 e. The molecule has 0 fully saturated rings. The van der Waals surface area contributed by atoms with Crippen molar-refractivity contribution in [3.63, 3.8) is 0 Å². The normalized spacial score (nSPS) is 10.3. The SMILES string of the molecule is O=[N+]([O-])c1c(Nc2ccc(F)cc2)ncnc1Nc1cccnc1Cl. The van der Waals surface area contributed by atoms with E-state index in [9.17, 15) is 14.5 Å². The van der Waals surface area contributed by atoms with Gasteiger partial charge >= 0.3 is 5.69 Å². The van der Waals surface area contributed by atoms with Crippen LogP contribution in [0.2, 0.25) is 5.15 Å². The first-order valence-corrected chi connectivity index (χ1v) is 7.32. The molecule has 0 radical (unpaired) electrons. The molecule has 2 heterocycles. The summed E-state index contributed by atoms with van der Waals surface area (Å²) in [5.41, 5.74) is 0.416. The van der Waals surface area contributed by atoms with Gasteiger partial charge in [0.15, 0.2) is 5.15 Å². The van der Waals surface area contributed by atoms with E-state index >= 15 is 0 Å². The van der Waals surface area contributed by atoms with Crippen LogP contribution in [-0.2, 0) is 0 Å². The third kappa shape index (κ3) is 3.78. The van der Waals surface area contributed by atoms with Gasteiger partial charge in [0.2, 0.25) is 11.6 Å². The van der Waals surface area contributed by atoms with Gasteiger partial charge in [-0.25, -0.2) is 19.3 Å². The van der Waals surface area contributed by atoms with Crippen LogP contribution in [0.25, 0.3) is 0 Å². The van der Waals surface area contributed by atoms with Crippen molar-refractivity contribution in [1.82, 2.24) is 15.0 Å². The lowest BCUT2D eigenvalue weighted by Crippen LogP contribution is -2.06. The Bertz CT molecular complexity index is 922. The number of pyridine rings is 1. The lowest BCUT2D eigenvalue weighted by atomic mass is 10.3. The van der Waals surface area contributed by atoms with Gasteiger partial charge in [-0.2, -0.15) is 0 Å². The van der Waals surface area contributed by atoms with Crippen molar-refractivity contribution in [2.45, 2.75) is 0 Å². The fraction of sp³-hybridized carbons (Fsp3) is 0. The number of aromatic nitrogens is 3. The van der Waals surface area contributed by atoms with Gasteiger partial charge in [-0.1, -0.05) is 11.6 Å². The molecule has 0 aliphatic heterocycles. The summed E-state index contributed by atoms with van der Waals surface area (Å²) >= 11 is 5.95. The van der Waals surface area contributed by atoms with Crippen molar-refractivity contribution in [2.24, 2.45) is 0 Å². The Morgan fingerprint density at radius 3 is 2.36 bits per heavy atom. The van der Waals surface area contributed by atoms with E-state index in [4.69, 9.17) is 11.6 Å². The number of hydrogen-bond acceptors (Lipinski definition) is 7. The predicted octanol–water partition coefficient (Wildman–Crippen LogP) is 4.06. The first-order chi connectivity index (χ1) is 12.0. The van der Waals surface area contributed by atoms with Crippen LogP contribution in [0.15, 0.2) is 48.9 Å². The molecule has 8 nitrogen and oxygen atoms in total. The van der Waals surface area contributed by atoms with Crippen molar-refractivity contribution in [3.8, 4) is 0 Å². The third-order valence-corrected chi connectivity index (χ3v) is 3.43. The average Bonchev–Trinajstić information content (AvgIpc) is 2.59. The highest BCUT2D eigenvalue weighted by Gasteiger charge is 2.24. The number of anilines is 4. The Morgan fingerprint density at radius 1 is 1.04 bits per heavy atom. The molecule has 25 heavy (non-hydrogen) atoms. The maximum Gasteiger partial charge on any atom is 0.353 e. The number of nitrogens with zero attached hydrogens (tertiary/aromatic N) is 4. The highest BCUT2D eigenvalue weighted by molar-refractivity contribution is 6.32. The number of halogens is 2. The molecule has 0 aliphatic carbocycles. The van der Waals surface area contributed by atoms with E-state index < -0.39 is 10.7 Å². The van der Waals surface area contributed by atoms with E-state index in [0.717, 1.165) is 6.33 Å². The Morgan fingerprint density at radius 2 is 1.72 bits per heavy atom. The van der Waals surface area contributed by atoms with Crippen molar-refractivity contribution in [1.29, 1.82) is 0 Å². The van der Waals surface area contributed by atoms with E-state index in [1.54, 1.807) is 12.1 Å². The molecule has 126 valence electrons. The van der Waals surface area contributed by atoms with E-state index in [1.165, 1.54) is 30.5 Å². The molecule has 2 aromatic heterocycles. The van der Waals surface area contributed by atoms with Crippen molar-refractivity contribution < 1.29 is 9.31 Å². The summed E-state index contributed by atoms with van der Waals surface area (Å²) in [4.78, 5) is 22.6. The summed E-state index contributed by atoms with van der Waals surface area (Å²) in [6, 6.07) is 8.56. The molecule has 1 aromatic carbocycles. The van der Waals surface area contributed by atoms with E-state index in [0.29, 0.717) is 11.4 Å². The lowest BCUT2D eigenvalue weighted by Gasteiger charge is -2.10. The molecule has 10 heteroatoms. The smallest absolute Gasteiger partial charge is 0.334 e. The van der Waals surface area contributed by atoms with Crippen LogP contribution < -0.4 is 10.6 Å². The Labute approximate surface area is 145 Å². The van der Waals surface area contributed by atoms with Gasteiger partial charge in [0, 0.05) is 11.9 Å². The molecule has 0 spiro atoms. The zero-order chi connectivity index (χ0) is 17.8. The van der Waals surface area contributed by atoms with Crippen molar-refractivity contribution >= 4 is 40.3 Å². The molecule has 0 saturated heterocycles. The number of nitrogens with one attached hydrogen (secondary N) is 2. The van der Waals surface area contributed by atoms with E-state index in [2.05, 4.69) is 25.6 Å². The minimum atomic E-state index is -0.627. The average molecular weight is 361 g/mol. The van der Waals surface area contributed by atoms with Gasteiger partial charge in [0.05, 0.1) is 10.6 Å². The highest BCUT2D eigenvalue weighted by atomic mass is 35.5. The molecule has 0 saturated carbocycles. The van der Waals surface area contributed by atoms with Gasteiger partial charge in [0.25, 0.3) is 0 Å². The van der Waals surface area contributed by atoms with Gasteiger partial charge in [-0.15, -0.1) is 0 Å². The van der Waals surface area contributed by atoms with Crippen LogP contribution in [0, 0.1) is 15.9 Å². The Kier molecular flexibility index (Phi) is 4.66. The first-order valence-electron chi connectivity index (χ1n) is 6.94. The monoisotopic (exact) mass is 360 g/mol. The molecule has 3 rings (SSSR count). The summed E-state index contributed by atoms with van der Waals surface area (Å²) in [5.74, 6) is -0.523. The van der Waals surface area contributed by atoms with Crippen molar-refractivity contribution in [2.75, 3.05) is 10.6 Å². The summed E-state index contributed by atoms with van der Waals surface area (Å²) < 4.78 is 13.0. The van der Waals surface area contributed by atoms with Crippen LogP contribution in [0.4, 0.5) is 33.1 Å². The molecular formula is C15H10ClFN6O2. The minimum Gasteiger partial charge on any atom is -0.334 e. The Balaban J connectivity index is 1.98. The molecule has 0 amide bonds. The number of rotatable bonds is 5. The van der Waals surface area contributed by atoms with Crippen LogP contribution in [0.3, 0.4) is 0 Å². The molecule has 3 aromatic rings. The summed E-state index contributed by atoms with van der Waals surface area (Å²) in [5, 5.41) is 17.2. The van der Waals surface area contributed by atoms with E-state index in [-0.39, 0.29) is 22.5 Å². The zero-order valence-electron chi connectivity index (χ0n) is 12.5. The predicted molar refractivity (Wildman–Crippen MR) is 90.9 cm³/mol. The maximum absolute atomic E-state index is 13.0. The van der Waals surface area contributed by atoms with Crippen LogP contribution in [0.1, 0.15) is 0 Å². The minimum absolute atomic E-state index is 0.0471. The van der Waals surface area contributed by atoms with Crippen LogP contribution in [-0.4, -0.2) is 19.9 Å². The van der Waals surface area contributed by atoms with Gasteiger partial charge in [-0.3, -0.25) is 10.1 Å². The standard InChI is InChI=1S/C15H10ClFN6O2/c16-13-11(2-1-7-18-13)22-15-12(23(24)25)14(19-8-20-15)21-10-5-3-9(17)4-6-10/h1-8H,(H2,19,20,21,22). The van der Waals surface area contributed by atoms with E-state index in [1.807, 2.05) is 0 Å². The maximum atomic E-state index is 13.0. The molecular weight excluding hydrogens is 351 g/mol. The second kappa shape index (κ2) is 7.05. The summed E-state index contributed by atoms with van der Waals surface area (Å²) in [6.07, 6.45) is 2.65.